The van der Waals surface area contributed by atoms with Crippen molar-refractivity contribution in [3.63, 3.8) is 0 Å². The molecule has 1 heterocycles. The molecule has 0 unspecified atom stereocenters. The minimum atomic E-state index is 1.20. The summed E-state index contributed by atoms with van der Waals surface area (Å²) in [7, 11) is 0. The molecular formula is C11H19N3S. The number of hydrogen-bond acceptors (Lipinski definition) is 2. The van der Waals surface area contributed by atoms with Gasteiger partial charge in [0.2, 0.25) is 0 Å². The van der Waals surface area contributed by atoms with Crippen LogP contribution in [-0.2, 0) is 0 Å². The summed E-state index contributed by atoms with van der Waals surface area (Å²) in [4.78, 5) is 0. The van der Waals surface area contributed by atoms with E-state index in [9.17, 15) is 0 Å². The van der Waals surface area contributed by atoms with Gasteiger partial charge in [-0.3, -0.25) is 5.10 Å². The maximum Gasteiger partial charge on any atom is 0.116 e. The highest BCUT2D eigenvalue weighted by atomic mass is 32.1. The molecule has 1 rings (SSSR count). The molecule has 0 aliphatic rings. The van der Waals surface area contributed by atoms with Crippen molar-refractivity contribution in [2.24, 2.45) is 0 Å². The van der Waals surface area contributed by atoms with Crippen molar-refractivity contribution in [1.82, 2.24) is 14.6 Å². The van der Waals surface area contributed by atoms with Crippen molar-refractivity contribution in [1.29, 1.82) is 0 Å². The predicted molar refractivity (Wildman–Crippen MR) is 67.3 cm³/mol. The normalized spacial score (nSPS) is 9.13. The maximum atomic E-state index is 3.71. The monoisotopic (exact) mass is 225 g/mol. The molecule has 4 heteroatoms. The molecule has 15 heavy (non-hydrogen) atoms. The van der Waals surface area contributed by atoms with Gasteiger partial charge in [-0.25, -0.2) is 0 Å². The smallest absolute Gasteiger partial charge is 0.116 e. The molecule has 3 nitrogen and oxygen atoms in total. The van der Waals surface area contributed by atoms with Crippen molar-refractivity contribution in [2.75, 3.05) is 0 Å². The lowest BCUT2D eigenvalue weighted by Crippen LogP contribution is -1.64. The van der Waals surface area contributed by atoms with Crippen molar-refractivity contribution in [3.05, 3.63) is 42.7 Å². The molecule has 0 spiro atoms. The van der Waals surface area contributed by atoms with Crippen molar-refractivity contribution >= 4 is 11.5 Å². The summed E-state index contributed by atoms with van der Waals surface area (Å²) in [6, 6.07) is 0. The lowest BCUT2D eigenvalue weighted by Gasteiger charge is -1.84. The standard InChI is InChI=1S/C8H14.C3H5N3S/c1-3-5-7-8-6-4-2;1-2-6-7-3-5-4-1/h3,5,7H,1,4,6,8H2,2H3;1-4,6H. The summed E-state index contributed by atoms with van der Waals surface area (Å²) in [6.45, 7) is 5.77. The molecule has 2 N–H and O–H groups in total. The fraction of sp³-hybridized carbons (Fsp3) is 0.364. The Labute approximate surface area is 95.4 Å². The second-order valence-corrected chi connectivity index (χ2v) is 3.42. The van der Waals surface area contributed by atoms with E-state index in [2.05, 4.69) is 34.1 Å². The predicted octanol–water partition coefficient (Wildman–Crippen LogP) is 3.84. The number of allylic oxidation sites excluding steroid dienone is 3. The average Bonchev–Trinajstić information content (AvgIpc) is 2.57. The minimum Gasteiger partial charge on any atom is -0.316 e. The van der Waals surface area contributed by atoms with Crippen LogP contribution in [0.5, 0.6) is 0 Å². The Morgan fingerprint density at radius 3 is 3.07 bits per heavy atom. The highest BCUT2D eigenvalue weighted by molar-refractivity contribution is 7.02. The van der Waals surface area contributed by atoms with Crippen LogP contribution >= 0.6 is 11.5 Å². The number of nitrogens with zero attached hydrogens (tertiary/aromatic N) is 1. The van der Waals surface area contributed by atoms with Crippen molar-refractivity contribution < 1.29 is 0 Å². The van der Waals surface area contributed by atoms with Crippen LogP contribution < -0.4 is 0 Å². The summed E-state index contributed by atoms with van der Waals surface area (Å²) < 4.78 is 2.87. The summed E-state index contributed by atoms with van der Waals surface area (Å²) in [6.07, 6.45) is 13.2. The molecule has 0 radical (unpaired) electrons. The number of rotatable bonds is 4. The zero-order chi connectivity index (χ0) is 11.2. The van der Waals surface area contributed by atoms with Gasteiger partial charge in [0.05, 0.1) is 0 Å². The first-order valence-electron chi connectivity index (χ1n) is 5.02. The number of aromatic nitrogens is 3. The first-order valence-corrected chi connectivity index (χ1v) is 5.90. The lowest BCUT2D eigenvalue weighted by atomic mass is 10.2. The molecule has 0 bridgehead atoms. The lowest BCUT2D eigenvalue weighted by molar-refractivity contribution is 0.815. The van der Waals surface area contributed by atoms with Crippen LogP contribution in [0.4, 0.5) is 0 Å². The molecular weight excluding hydrogens is 206 g/mol. The Bertz CT molecular complexity index is 230. The Morgan fingerprint density at radius 1 is 1.47 bits per heavy atom. The van der Waals surface area contributed by atoms with Gasteiger partial charge in [-0.1, -0.05) is 44.6 Å². The quantitative estimate of drug-likeness (QED) is 0.593. The summed E-state index contributed by atoms with van der Waals surface area (Å²) >= 11 is 1.42. The molecule has 0 amide bonds. The topological polar surface area (TPSA) is 44.5 Å². The summed E-state index contributed by atoms with van der Waals surface area (Å²) in [5, 5.41) is 6.36. The summed E-state index contributed by atoms with van der Waals surface area (Å²) in [5.74, 6) is 0. The zero-order valence-corrected chi connectivity index (χ0v) is 9.96. The van der Waals surface area contributed by atoms with Gasteiger partial charge in [0, 0.05) is 12.4 Å². The van der Waals surface area contributed by atoms with Gasteiger partial charge in [-0.2, -0.15) is 5.10 Å². The van der Waals surface area contributed by atoms with Crippen LogP contribution in [-0.4, -0.2) is 14.6 Å². The first-order chi connectivity index (χ1) is 7.41. The molecule has 0 atom stereocenters. The number of aromatic amines is 2. The SMILES string of the molecule is C=CC=CCCCC.c1c[nH]scn[nH]1. The molecule has 0 aliphatic carbocycles. The van der Waals surface area contributed by atoms with E-state index < -0.39 is 0 Å². The Morgan fingerprint density at radius 2 is 2.33 bits per heavy atom. The molecule has 0 aromatic carbocycles. The van der Waals surface area contributed by atoms with Crippen LogP contribution in [0.25, 0.3) is 0 Å². The Kier molecular flexibility index (Phi) is 11.6. The molecule has 84 valence electrons. The fourth-order valence-electron chi connectivity index (χ4n) is 0.755. The number of H-pyrrole nitrogens is 2. The minimum absolute atomic E-state index is 1.20. The van der Waals surface area contributed by atoms with Crippen LogP contribution in [0, 0.1) is 0 Å². The second kappa shape index (κ2) is 12.7. The fourth-order valence-corrected chi connectivity index (χ4v) is 1.08. The van der Waals surface area contributed by atoms with E-state index in [-0.39, 0.29) is 0 Å². The first kappa shape index (κ1) is 13.7. The van der Waals surface area contributed by atoms with Gasteiger partial charge >= 0.3 is 0 Å². The Hall–Kier alpha value is -1.29. The van der Waals surface area contributed by atoms with E-state index in [1.165, 1.54) is 30.8 Å². The zero-order valence-electron chi connectivity index (χ0n) is 9.15. The van der Waals surface area contributed by atoms with Gasteiger partial charge in [-0.15, -0.1) is 0 Å². The van der Waals surface area contributed by atoms with Gasteiger partial charge in [0.1, 0.15) is 5.51 Å². The van der Waals surface area contributed by atoms with E-state index in [1.54, 1.807) is 17.9 Å². The van der Waals surface area contributed by atoms with Gasteiger partial charge in [0.25, 0.3) is 0 Å². The van der Waals surface area contributed by atoms with Crippen LogP contribution in [0.15, 0.2) is 42.7 Å². The Balaban J connectivity index is 0.000000262. The summed E-state index contributed by atoms with van der Waals surface area (Å²) in [5.41, 5.74) is 1.68. The molecule has 1 aromatic rings. The van der Waals surface area contributed by atoms with Gasteiger partial charge in [0.15, 0.2) is 0 Å². The molecule has 0 saturated carbocycles. The van der Waals surface area contributed by atoms with Crippen LogP contribution in [0.2, 0.25) is 0 Å². The van der Waals surface area contributed by atoms with Gasteiger partial charge in [-0.05, 0) is 18.0 Å². The third-order valence-corrected chi connectivity index (χ3v) is 1.95. The van der Waals surface area contributed by atoms with Crippen molar-refractivity contribution in [3.8, 4) is 0 Å². The molecule has 1 aromatic heterocycles. The maximum absolute atomic E-state index is 3.71. The third-order valence-electron chi connectivity index (χ3n) is 1.47. The van der Waals surface area contributed by atoms with E-state index in [1.807, 2.05) is 12.2 Å². The average molecular weight is 225 g/mol. The van der Waals surface area contributed by atoms with Gasteiger partial charge < -0.3 is 4.37 Å². The highest BCUT2D eigenvalue weighted by Gasteiger charge is 1.73. The molecule has 0 saturated heterocycles. The molecule has 0 fully saturated rings. The van der Waals surface area contributed by atoms with E-state index >= 15 is 0 Å². The molecule has 0 aliphatic heterocycles. The van der Waals surface area contributed by atoms with Crippen LogP contribution in [0.3, 0.4) is 0 Å². The number of nitrogens with one attached hydrogen (secondary N) is 2. The number of unbranched alkanes of at least 4 members (excludes halogenated alkanes) is 2. The van der Waals surface area contributed by atoms with E-state index in [0.29, 0.717) is 0 Å². The van der Waals surface area contributed by atoms with E-state index in [4.69, 9.17) is 0 Å². The highest BCUT2D eigenvalue weighted by Crippen LogP contribution is 1.93. The third kappa shape index (κ3) is 12.7. The van der Waals surface area contributed by atoms with Crippen LogP contribution in [0.1, 0.15) is 26.2 Å². The largest absolute Gasteiger partial charge is 0.316 e. The van der Waals surface area contributed by atoms with Crippen molar-refractivity contribution in [2.45, 2.75) is 26.2 Å². The second-order valence-electron chi connectivity index (χ2n) is 2.74. The number of hydrogen-bond donors (Lipinski definition) is 2. The van der Waals surface area contributed by atoms with E-state index in [0.717, 1.165) is 0 Å².